The molecule has 1 aliphatic rings. The molecule has 1 aromatic heterocycles. The van der Waals surface area contributed by atoms with Crippen LogP contribution in [0.5, 0.6) is 0 Å². The first kappa shape index (κ1) is 15.0. The molecule has 1 aliphatic heterocycles. The molecule has 0 radical (unpaired) electrons. The topological polar surface area (TPSA) is 55.1 Å². The zero-order valence-corrected chi connectivity index (χ0v) is 12.2. The van der Waals surface area contributed by atoms with Crippen LogP contribution >= 0.6 is 0 Å². The fraction of sp³-hybridized carbons (Fsp3) is 0.571. The molecule has 4 nitrogen and oxygen atoms in total. The van der Waals surface area contributed by atoms with Crippen molar-refractivity contribution in [2.24, 2.45) is 0 Å². The molecule has 1 saturated heterocycles. The fourth-order valence-corrected chi connectivity index (χ4v) is 2.05. The van der Waals surface area contributed by atoms with Crippen LogP contribution in [-0.4, -0.2) is 23.3 Å². The number of nitriles is 1. The Kier molecular flexibility index (Phi) is 3.85. The standard InChI is InChI=1S/C14H18BFN2O2/c1-13(2)14(3,4)20-15(19-13)12-10(6-5-7-17)8-11(16)9-18-12/h8-9H,5-6H2,1-4H3. The maximum absolute atomic E-state index is 13.3. The smallest absolute Gasteiger partial charge is 0.398 e. The van der Waals surface area contributed by atoms with Gasteiger partial charge in [0.1, 0.15) is 5.82 Å². The van der Waals surface area contributed by atoms with E-state index >= 15 is 0 Å². The average molecular weight is 276 g/mol. The quantitative estimate of drug-likeness (QED) is 0.792. The van der Waals surface area contributed by atoms with Gasteiger partial charge in [0.2, 0.25) is 0 Å². The Balaban J connectivity index is 2.32. The normalized spacial score (nSPS) is 19.9. The van der Waals surface area contributed by atoms with Gasteiger partial charge in [-0.05, 0) is 45.7 Å². The van der Waals surface area contributed by atoms with E-state index in [1.165, 1.54) is 6.07 Å². The molecule has 1 fully saturated rings. The minimum absolute atomic E-state index is 0.303. The van der Waals surface area contributed by atoms with Gasteiger partial charge in [-0.15, -0.1) is 0 Å². The van der Waals surface area contributed by atoms with Crippen LogP contribution in [0, 0.1) is 17.1 Å². The van der Waals surface area contributed by atoms with E-state index in [9.17, 15) is 4.39 Å². The molecule has 6 heteroatoms. The van der Waals surface area contributed by atoms with Crippen LogP contribution in [0.1, 0.15) is 39.7 Å². The maximum atomic E-state index is 13.3. The summed E-state index contributed by atoms with van der Waals surface area (Å²) in [7, 11) is -0.630. The number of hydrogen-bond donors (Lipinski definition) is 0. The van der Waals surface area contributed by atoms with E-state index in [0.717, 1.165) is 6.20 Å². The van der Waals surface area contributed by atoms with E-state index in [1.54, 1.807) is 0 Å². The molecule has 0 spiro atoms. The summed E-state index contributed by atoms with van der Waals surface area (Å²) in [6.45, 7) is 7.80. The summed E-state index contributed by atoms with van der Waals surface area (Å²) in [5.74, 6) is -0.418. The third kappa shape index (κ3) is 2.69. The lowest BCUT2D eigenvalue weighted by Gasteiger charge is -2.32. The highest BCUT2D eigenvalue weighted by molar-refractivity contribution is 6.61. The summed E-state index contributed by atoms with van der Waals surface area (Å²) in [6, 6.07) is 3.45. The molecular weight excluding hydrogens is 258 g/mol. The average Bonchev–Trinajstić information content (AvgIpc) is 2.55. The second-order valence-electron chi connectivity index (χ2n) is 5.94. The van der Waals surface area contributed by atoms with Gasteiger partial charge in [0.25, 0.3) is 0 Å². The van der Waals surface area contributed by atoms with Gasteiger partial charge in [0.05, 0.1) is 29.1 Å². The Morgan fingerprint density at radius 3 is 2.45 bits per heavy atom. The molecule has 2 heterocycles. The Hall–Kier alpha value is -1.45. The zero-order chi connectivity index (χ0) is 15.0. The lowest BCUT2D eigenvalue weighted by atomic mass is 9.80. The number of nitrogens with zero attached hydrogens (tertiary/aromatic N) is 2. The van der Waals surface area contributed by atoms with E-state index in [4.69, 9.17) is 14.6 Å². The van der Waals surface area contributed by atoms with Gasteiger partial charge in [-0.1, -0.05) is 0 Å². The van der Waals surface area contributed by atoms with Gasteiger partial charge < -0.3 is 9.31 Å². The summed E-state index contributed by atoms with van der Waals surface area (Å²) in [5.41, 5.74) is 0.269. The van der Waals surface area contributed by atoms with Gasteiger partial charge >= 0.3 is 7.12 Å². The second kappa shape index (κ2) is 5.15. The van der Waals surface area contributed by atoms with E-state index in [-0.39, 0.29) is 0 Å². The third-order valence-corrected chi connectivity index (χ3v) is 3.95. The summed E-state index contributed by atoms with van der Waals surface area (Å²) < 4.78 is 25.2. The lowest BCUT2D eigenvalue weighted by molar-refractivity contribution is 0.00578. The third-order valence-electron chi connectivity index (χ3n) is 3.95. The highest BCUT2D eigenvalue weighted by atomic mass is 19.1. The molecule has 20 heavy (non-hydrogen) atoms. The van der Waals surface area contributed by atoms with Crippen LogP contribution in [0.25, 0.3) is 0 Å². The van der Waals surface area contributed by atoms with Crippen molar-refractivity contribution in [2.75, 3.05) is 0 Å². The Labute approximate surface area is 119 Å². The van der Waals surface area contributed by atoms with E-state index in [1.807, 2.05) is 27.7 Å². The molecule has 106 valence electrons. The van der Waals surface area contributed by atoms with Crippen molar-refractivity contribution in [2.45, 2.75) is 51.7 Å². The SMILES string of the molecule is CC1(C)OB(c2ncc(F)cc2CCC#N)OC1(C)C. The molecule has 0 saturated carbocycles. The number of aromatic nitrogens is 1. The predicted molar refractivity (Wildman–Crippen MR) is 73.8 cm³/mol. The highest BCUT2D eigenvalue weighted by Crippen LogP contribution is 2.36. The van der Waals surface area contributed by atoms with E-state index < -0.39 is 24.1 Å². The van der Waals surface area contributed by atoms with Crippen molar-refractivity contribution in [3.63, 3.8) is 0 Å². The first-order valence-electron chi connectivity index (χ1n) is 6.64. The molecule has 2 rings (SSSR count). The molecule has 0 atom stereocenters. The van der Waals surface area contributed by atoms with Gasteiger partial charge in [-0.2, -0.15) is 5.26 Å². The van der Waals surface area contributed by atoms with Crippen molar-refractivity contribution < 1.29 is 13.7 Å². The highest BCUT2D eigenvalue weighted by Gasteiger charge is 2.52. The Morgan fingerprint density at radius 2 is 1.90 bits per heavy atom. The minimum Gasteiger partial charge on any atom is -0.398 e. The number of hydrogen-bond acceptors (Lipinski definition) is 4. The number of rotatable bonds is 3. The first-order chi connectivity index (χ1) is 9.27. The molecule has 0 amide bonds. The van der Waals surface area contributed by atoms with Gasteiger partial charge in [0.15, 0.2) is 0 Å². The summed E-state index contributed by atoms with van der Waals surface area (Å²) in [4.78, 5) is 4.11. The van der Waals surface area contributed by atoms with Crippen LogP contribution in [0.2, 0.25) is 0 Å². The lowest BCUT2D eigenvalue weighted by Crippen LogP contribution is -2.41. The molecule has 1 aromatic rings. The summed E-state index contributed by atoms with van der Waals surface area (Å²) in [5, 5.41) is 8.69. The van der Waals surface area contributed by atoms with Crippen LogP contribution in [0.4, 0.5) is 4.39 Å². The van der Waals surface area contributed by atoms with Crippen molar-refractivity contribution in [1.82, 2.24) is 4.98 Å². The number of pyridine rings is 1. The number of aryl methyl sites for hydroxylation is 1. The molecule has 0 unspecified atom stereocenters. The maximum Gasteiger partial charge on any atom is 0.514 e. The second-order valence-corrected chi connectivity index (χ2v) is 5.94. The number of halogens is 1. The van der Waals surface area contributed by atoms with Crippen molar-refractivity contribution in [3.8, 4) is 6.07 Å². The molecule has 0 aromatic carbocycles. The predicted octanol–water partition coefficient (Wildman–Crippen LogP) is 1.98. The Bertz CT molecular complexity index is 539. The minimum atomic E-state index is -0.630. The molecule has 0 aliphatic carbocycles. The van der Waals surface area contributed by atoms with Crippen LogP contribution in [-0.2, 0) is 15.7 Å². The van der Waals surface area contributed by atoms with Gasteiger partial charge in [-0.3, -0.25) is 4.98 Å². The van der Waals surface area contributed by atoms with Crippen molar-refractivity contribution >= 4 is 12.7 Å². The van der Waals surface area contributed by atoms with E-state index in [2.05, 4.69) is 11.1 Å². The van der Waals surface area contributed by atoms with Crippen LogP contribution < -0.4 is 5.59 Å². The van der Waals surface area contributed by atoms with Gasteiger partial charge in [0, 0.05) is 6.42 Å². The van der Waals surface area contributed by atoms with Crippen molar-refractivity contribution in [1.29, 1.82) is 5.26 Å². The van der Waals surface area contributed by atoms with Crippen LogP contribution in [0.3, 0.4) is 0 Å². The fourth-order valence-electron chi connectivity index (χ4n) is 2.05. The molecule has 0 N–H and O–H groups in total. The van der Waals surface area contributed by atoms with Gasteiger partial charge in [-0.25, -0.2) is 4.39 Å². The first-order valence-corrected chi connectivity index (χ1v) is 6.64. The monoisotopic (exact) mass is 276 g/mol. The largest absolute Gasteiger partial charge is 0.514 e. The van der Waals surface area contributed by atoms with E-state index in [0.29, 0.717) is 24.0 Å². The summed E-state index contributed by atoms with van der Waals surface area (Å²) in [6.07, 6.45) is 1.88. The molecular formula is C14H18BFN2O2. The summed E-state index contributed by atoms with van der Waals surface area (Å²) >= 11 is 0. The van der Waals surface area contributed by atoms with Crippen molar-refractivity contribution in [3.05, 3.63) is 23.6 Å². The van der Waals surface area contributed by atoms with Crippen LogP contribution in [0.15, 0.2) is 12.3 Å². The Morgan fingerprint density at radius 1 is 1.30 bits per heavy atom. The molecule has 0 bridgehead atoms. The zero-order valence-electron chi connectivity index (χ0n) is 12.2.